The molecule has 14 heteroatoms. The summed E-state index contributed by atoms with van der Waals surface area (Å²) in [5.74, 6) is 0. The Labute approximate surface area is 195 Å². The molecule has 0 saturated carbocycles. The summed E-state index contributed by atoms with van der Waals surface area (Å²) in [5.41, 5.74) is -1.91. The molecule has 0 aromatic carbocycles. The standard InChI is InChI=1S/C20H30O14/c1-3-19(10-29-13-5-26-16(22)31-13,11-30-14-6-27-17(23)32-14)9-25-12-20(4-2,8-21)34-15-7-28-18(24)33-15/h13-15,21H,3-12H2,1-2H3. The van der Waals surface area contributed by atoms with Gasteiger partial charge in [-0.1, -0.05) is 13.8 Å². The first-order valence-corrected chi connectivity index (χ1v) is 10.9. The van der Waals surface area contributed by atoms with Crippen molar-refractivity contribution in [2.24, 2.45) is 5.41 Å². The van der Waals surface area contributed by atoms with E-state index < -0.39 is 55.0 Å². The SMILES string of the molecule is CCC(COCC(CC)(CO)OC1COC(=O)O1)(COC1COC(=O)O1)COC1COC(=O)O1. The molecule has 0 amide bonds. The molecule has 0 spiro atoms. The monoisotopic (exact) mass is 494 g/mol. The van der Waals surface area contributed by atoms with Crippen molar-refractivity contribution >= 4 is 18.5 Å². The van der Waals surface area contributed by atoms with E-state index in [0.717, 1.165) is 0 Å². The third kappa shape index (κ3) is 7.06. The maximum atomic E-state index is 11.2. The second kappa shape index (κ2) is 11.8. The van der Waals surface area contributed by atoms with Gasteiger partial charge in [0, 0.05) is 5.41 Å². The molecule has 34 heavy (non-hydrogen) atoms. The van der Waals surface area contributed by atoms with Crippen LogP contribution in [-0.2, 0) is 47.4 Å². The lowest BCUT2D eigenvalue weighted by Gasteiger charge is -2.36. The molecule has 0 aliphatic carbocycles. The van der Waals surface area contributed by atoms with E-state index in [4.69, 9.17) is 47.4 Å². The van der Waals surface area contributed by atoms with Crippen molar-refractivity contribution in [1.82, 2.24) is 0 Å². The van der Waals surface area contributed by atoms with Crippen molar-refractivity contribution in [3.63, 3.8) is 0 Å². The summed E-state index contributed by atoms with van der Waals surface area (Å²) in [6.45, 7) is 3.24. The second-order valence-corrected chi connectivity index (χ2v) is 8.11. The molecule has 14 nitrogen and oxygen atoms in total. The Morgan fingerprint density at radius 2 is 1.26 bits per heavy atom. The van der Waals surface area contributed by atoms with Crippen LogP contribution in [0.15, 0.2) is 0 Å². The second-order valence-electron chi connectivity index (χ2n) is 8.11. The topological polar surface area (TPSA) is 164 Å². The number of hydrogen-bond acceptors (Lipinski definition) is 14. The van der Waals surface area contributed by atoms with E-state index in [1.54, 1.807) is 6.92 Å². The number of rotatable bonds is 15. The molecule has 3 fully saturated rings. The zero-order valence-electron chi connectivity index (χ0n) is 19.1. The molecule has 0 aromatic heterocycles. The van der Waals surface area contributed by atoms with Crippen molar-refractivity contribution in [1.29, 1.82) is 0 Å². The van der Waals surface area contributed by atoms with Gasteiger partial charge in [-0.25, -0.2) is 14.4 Å². The highest BCUT2D eigenvalue weighted by Gasteiger charge is 2.40. The van der Waals surface area contributed by atoms with Gasteiger partial charge in [0.25, 0.3) is 0 Å². The zero-order valence-corrected chi connectivity index (χ0v) is 19.1. The molecular weight excluding hydrogens is 464 g/mol. The van der Waals surface area contributed by atoms with Gasteiger partial charge in [-0.2, -0.15) is 0 Å². The molecule has 4 unspecified atom stereocenters. The van der Waals surface area contributed by atoms with Crippen molar-refractivity contribution in [2.75, 3.05) is 52.9 Å². The molecule has 3 saturated heterocycles. The van der Waals surface area contributed by atoms with Gasteiger partial charge in [0.2, 0.25) is 18.9 Å². The molecule has 1 N–H and O–H groups in total. The van der Waals surface area contributed by atoms with E-state index in [-0.39, 0.29) is 46.2 Å². The average molecular weight is 494 g/mol. The zero-order chi connectivity index (χ0) is 24.6. The Bertz CT molecular complexity index is 677. The van der Waals surface area contributed by atoms with Crippen LogP contribution in [0.5, 0.6) is 0 Å². The number of ether oxygens (including phenoxy) is 10. The van der Waals surface area contributed by atoms with Crippen LogP contribution in [0.3, 0.4) is 0 Å². The van der Waals surface area contributed by atoms with Crippen LogP contribution >= 0.6 is 0 Å². The Kier molecular flexibility index (Phi) is 9.13. The molecule has 3 rings (SSSR count). The van der Waals surface area contributed by atoms with Crippen molar-refractivity contribution in [3.8, 4) is 0 Å². The maximum absolute atomic E-state index is 11.2. The molecule has 0 radical (unpaired) electrons. The van der Waals surface area contributed by atoms with Gasteiger partial charge < -0.3 is 52.5 Å². The highest BCUT2D eigenvalue weighted by Crippen LogP contribution is 2.29. The molecule has 194 valence electrons. The van der Waals surface area contributed by atoms with E-state index in [9.17, 15) is 19.5 Å². The highest BCUT2D eigenvalue weighted by molar-refractivity contribution is 5.62. The smallest absolute Gasteiger partial charge is 0.428 e. The molecular formula is C20H30O14. The predicted molar refractivity (Wildman–Crippen MR) is 105 cm³/mol. The minimum atomic E-state index is -1.15. The van der Waals surface area contributed by atoms with Gasteiger partial charge in [0.15, 0.2) is 19.8 Å². The maximum Gasteiger partial charge on any atom is 0.510 e. The molecule has 0 aromatic rings. The predicted octanol–water partition coefficient (Wildman–Crippen LogP) is 1.07. The van der Waals surface area contributed by atoms with Crippen LogP contribution < -0.4 is 0 Å². The van der Waals surface area contributed by atoms with Gasteiger partial charge in [-0.05, 0) is 12.8 Å². The minimum Gasteiger partial charge on any atom is -0.428 e. The largest absolute Gasteiger partial charge is 0.510 e. The number of cyclic esters (lactones) is 6. The van der Waals surface area contributed by atoms with Gasteiger partial charge in [0.05, 0.1) is 33.0 Å². The molecule has 3 aliphatic heterocycles. The van der Waals surface area contributed by atoms with Crippen LogP contribution in [0.1, 0.15) is 26.7 Å². The summed E-state index contributed by atoms with van der Waals surface area (Å²) in [7, 11) is 0. The summed E-state index contributed by atoms with van der Waals surface area (Å²) in [6, 6.07) is 0. The van der Waals surface area contributed by atoms with Gasteiger partial charge in [0.1, 0.15) is 5.60 Å². The van der Waals surface area contributed by atoms with Crippen LogP contribution in [-0.4, -0.2) is 101 Å². The Morgan fingerprint density at radius 1 is 0.765 bits per heavy atom. The Morgan fingerprint density at radius 3 is 1.65 bits per heavy atom. The first-order chi connectivity index (χ1) is 16.3. The van der Waals surface area contributed by atoms with Crippen molar-refractivity contribution in [3.05, 3.63) is 0 Å². The van der Waals surface area contributed by atoms with Crippen LogP contribution in [0.25, 0.3) is 0 Å². The quantitative estimate of drug-likeness (QED) is 0.254. The Hall–Kier alpha value is -2.39. The Balaban J connectivity index is 1.60. The average Bonchev–Trinajstić information content (AvgIpc) is 3.56. The molecule has 3 aliphatic rings. The van der Waals surface area contributed by atoms with Gasteiger partial charge >= 0.3 is 18.5 Å². The highest BCUT2D eigenvalue weighted by atomic mass is 16.8. The minimum absolute atomic E-state index is 0.0428. The summed E-state index contributed by atoms with van der Waals surface area (Å²) in [4.78, 5) is 33.5. The lowest BCUT2D eigenvalue weighted by atomic mass is 9.87. The van der Waals surface area contributed by atoms with E-state index in [1.807, 2.05) is 6.92 Å². The molecule has 4 atom stereocenters. The fraction of sp³-hybridized carbons (Fsp3) is 0.850. The first-order valence-electron chi connectivity index (χ1n) is 10.9. The van der Waals surface area contributed by atoms with E-state index >= 15 is 0 Å². The lowest BCUT2D eigenvalue weighted by molar-refractivity contribution is -0.216. The van der Waals surface area contributed by atoms with Gasteiger partial charge in [-0.3, -0.25) is 0 Å². The summed E-state index contributed by atoms with van der Waals surface area (Å²) in [6.07, 6.45) is -4.34. The number of carbonyl (C=O) groups excluding carboxylic acids is 3. The summed E-state index contributed by atoms with van der Waals surface area (Å²) < 4.78 is 52.0. The first kappa shape index (κ1) is 26.2. The number of aliphatic hydroxyl groups is 1. The fourth-order valence-corrected chi connectivity index (χ4v) is 3.27. The van der Waals surface area contributed by atoms with E-state index in [2.05, 4.69) is 0 Å². The third-order valence-corrected chi connectivity index (χ3v) is 5.68. The van der Waals surface area contributed by atoms with Crippen LogP contribution in [0, 0.1) is 5.41 Å². The van der Waals surface area contributed by atoms with Crippen LogP contribution in [0.4, 0.5) is 14.4 Å². The van der Waals surface area contributed by atoms with Crippen molar-refractivity contribution < 1.29 is 66.9 Å². The van der Waals surface area contributed by atoms with Crippen LogP contribution in [0.2, 0.25) is 0 Å². The molecule has 0 bridgehead atoms. The third-order valence-electron chi connectivity index (χ3n) is 5.68. The normalized spacial score (nSPS) is 27.6. The lowest BCUT2D eigenvalue weighted by Crippen LogP contribution is -2.47. The van der Waals surface area contributed by atoms with E-state index in [0.29, 0.717) is 12.8 Å². The number of hydrogen-bond donors (Lipinski definition) is 1. The summed E-state index contributed by atoms with van der Waals surface area (Å²) in [5, 5.41) is 9.97. The molecule has 3 heterocycles. The van der Waals surface area contributed by atoms with Crippen molar-refractivity contribution in [2.45, 2.75) is 51.2 Å². The summed E-state index contributed by atoms with van der Waals surface area (Å²) >= 11 is 0. The van der Waals surface area contributed by atoms with E-state index in [1.165, 1.54) is 0 Å². The number of aliphatic hydroxyl groups excluding tert-OH is 1. The van der Waals surface area contributed by atoms with Gasteiger partial charge in [-0.15, -0.1) is 0 Å². The number of carbonyl (C=O) groups is 3. The fourth-order valence-electron chi connectivity index (χ4n) is 3.27.